The molecule has 5 rings (SSSR count). The molecule has 8 nitrogen and oxygen atoms in total. The largest absolute Gasteiger partial charge is 0.489 e. The van der Waals surface area contributed by atoms with Crippen molar-refractivity contribution in [1.82, 2.24) is 4.90 Å². The van der Waals surface area contributed by atoms with Crippen LogP contribution in [0.1, 0.15) is 35.2 Å². The molecular weight excluding hydrogens is 436 g/mol. The van der Waals surface area contributed by atoms with Crippen LogP contribution in [0.3, 0.4) is 0 Å². The van der Waals surface area contributed by atoms with E-state index in [1.807, 2.05) is 0 Å². The average molecular weight is 457 g/mol. The Hall–Kier alpha value is -3.26. The maximum atomic E-state index is 13.4. The van der Waals surface area contributed by atoms with Gasteiger partial charge in [0.05, 0.1) is 29.5 Å². The molecule has 0 aromatic heterocycles. The lowest BCUT2D eigenvalue weighted by Crippen LogP contribution is -2.67. The van der Waals surface area contributed by atoms with Gasteiger partial charge in [0.25, 0.3) is 5.91 Å². The smallest absolute Gasteiger partial charge is 0.354 e. The van der Waals surface area contributed by atoms with Crippen LogP contribution in [0, 0.1) is 0 Å². The van der Waals surface area contributed by atoms with Crippen LogP contribution in [0.2, 0.25) is 5.02 Å². The summed E-state index contributed by atoms with van der Waals surface area (Å²) in [6, 6.07) is 10.2. The Balaban J connectivity index is 1.44. The van der Waals surface area contributed by atoms with E-state index in [9.17, 15) is 14.4 Å². The van der Waals surface area contributed by atoms with Crippen molar-refractivity contribution >= 4 is 35.1 Å². The first kappa shape index (κ1) is 20.6. The molecule has 0 N–H and O–H groups in total. The van der Waals surface area contributed by atoms with Crippen LogP contribution in [0.4, 0.5) is 5.69 Å². The molecule has 1 fully saturated rings. The number of esters is 1. The van der Waals surface area contributed by atoms with Gasteiger partial charge in [-0.05, 0) is 29.8 Å². The van der Waals surface area contributed by atoms with E-state index in [1.54, 1.807) is 36.4 Å². The van der Waals surface area contributed by atoms with E-state index in [-0.39, 0.29) is 31.3 Å². The van der Waals surface area contributed by atoms with Crippen LogP contribution in [0.15, 0.2) is 36.4 Å². The number of carbonyl (C=O) groups excluding carboxylic acids is 3. The first-order valence-corrected chi connectivity index (χ1v) is 10.8. The molecule has 0 spiro atoms. The number of amides is 2. The lowest BCUT2D eigenvalue weighted by molar-refractivity contribution is -0.157. The lowest BCUT2D eigenvalue weighted by Gasteiger charge is -2.46. The molecule has 2 aromatic carbocycles. The van der Waals surface area contributed by atoms with Crippen molar-refractivity contribution in [3.8, 4) is 11.5 Å². The van der Waals surface area contributed by atoms with Gasteiger partial charge in [0.1, 0.15) is 6.61 Å². The lowest BCUT2D eigenvalue weighted by atomic mass is 9.97. The van der Waals surface area contributed by atoms with Crippen molar-refractivity contribution in [2.24, 2.45) is 0 Å². The number of hydrogen-bond acceptors (Lipinski definition) is 6. The van der Waals surface area contributed by atoms with Gasteiger partial charge in [-0.2, -0.15) is 0 Å². The highest BCUT2D eigenvalue weighted by Gasteiger charge is 2.60. The highest BCUT2D eigenvalue weighted by Crippen LogP contribution is 2.44. The normalized spacial score (nSPS) is 21.7. The molecule has 32 heavy (non-hydrogen) atoms. The molecule has 0 aliphatic carbocycles. The maximum Gasteiger partial charge on any atom is 0.354 e. The van der Waals surface area contributed by atoms with Gasteiger partial charge in [-0.25, -0.2) is 4.79 Å². The van der Waals surface area contributed by atoms with Crippen LogP contribution in [0.25, 0.3) is 0 Å². The van der Waals surface area contributed by atoms with Crippen molar-refractivity contribution < 1.29 is 28.6 Å². The number of benzene rings is 2. The second kappa shape index (κ2) is 7.70. The number of anilines is 1. The summed E-state index contributed by atoms with van der Waals surface area (Å²) >= 11 is 6.34. The Morgan fingerprint density at radius 2 is 1.97 bits per heavy atom. The number of hydrogen-bond donors (Lipinski definition) is 0. The summed E-state index contributed by atoms with van der Waals surface area (Å²) < 4.78 is 17.0. The number of halogens is 1. The van der Waals surface area contributed by atoms with Gasteiger partial charge >= 0.3 is 5.97 Å². The standard InChI is InChI=1S/C23H21ClN2O6/c1-25-21(28)15-5-2-3-6-17(15)26-19(27)7-8-23(25,26)22(29)32-13-14-11-16(24)20-18(12-14)30-9-4-10-31-20/h2-3,5-6,11-12H,4,7-10,13H2,1H3. The zero-order valence-electron chi connectivity index (χ0n) is 17.4. The minimum Gasteiger partial charge on any atom is -0.489 e. The van der Waals surface area contributed by atoms with Crippen molar-refractivity contribution in [2.45, 2.75) is 31.5 Å². The summed E-state index contributed by atoms with van der Waals surface area (Å²) in [6.07, 6.45) is 1.03. The van der Waals surface area contributed by atoms with Gasteiger partial charge in [0, 0.05) is 26.3 Å². The highest BCUT2D eigenvalue weighted by molar-refractivity contribution is 6.32. The molecule has 1 saturated heterocycles. The molecule has 166 valence electrons. The van der Waals surface area contributed by atoms with Gasteiger partial charge in [-0.3, -0.25) is 14.5 Å². The molecular formula is C23H21ClN2O6. The van der Waals surface area contributed by atoms with Crippen molar-refractivity contribution in [2.75, 3.05) is 25.2 Å². The molecule has 0 saturated carbocycles. The van der Waals surface area contributed by atoms with Crippen LogP contribution < -0.4 is 14.4 Å². The molecule has 2 aromatic rings. The van der Waals surface area contributed by atoms with Crippen molar-refractivity contribution in [3.63, 3.8) is 0 Å². The number of nitrogens with zero attached hydrogens (tertiary/aromatic N) is 2. The first-order valence-electron chi connectivity index (χ1n) is 10.4. The first-order chi connectivity index (χ1) is 15.4. The fourth-order valence-electron chi connectivity index (χ4n) is 4.52. The fourth-order valence-corrected chi connectivity index (χ4v) is 4.81. The minimum absolute atomic E-state index is 0.0946. The molecule has 0 bridgehead atoms. The summed E-state index contributed by atoms with van der Waals surface area (Å²) in [7, 11) is 1.52. The zero-order valence-corrected chi connectivity index (χ0v) is 18.2. The molecule has 1 unspecified atom stereocenters. The van der Waals surface area contributed by atoms with E-state index in [0.29, 0.717) is 46.5 Å². The monoisotopic (exact) mass is 456 g/mol. The third kappa shape index (κ3) is 3.01. The van der Waals surface area contributed by atoms with Crippen LogP contribution in [-0.2, 0) is 20.9 Å². The Kier molecular flexibility index (Phi) is 4.97. The predicted molar refractivity (Wildman–Crippen MR) is 115 cm³/mol. The molecule has 3 aliphatic heterocycles. The Morgan fingerprint density at radius 1 is 1.19 bits per heavy atom. The van der Waals surface area contributed by atoms with Crippen LogP contribution in [-0.4, -0.2) is 48.6 Å². The number of para-hydroxylation sites is 1. The fraction of sp³-hybridized carbons (Fsp3) is 0.348. The Morgan fingerprint density at radius 3 is 2.81 bits per heavy atom. The summed E-state index contributed by atoms with van der Waals surface area (Å²) in [5, 5.41) is 0.366. The van der Waals surface area contributed by atoms with E-state index < -0.39 is 11.6 Å². The van der Waals surface area contributed by atoms with Gasteiger partial charge in [-0.15, -0.1) is 0 Å². The second-order valence-electron chi connectivity index (χ2n) is 7.96. The van der Waals surface area contributed by atoms with Crippen molar-refractivity contribution in [3.05, 3.63) is 52.5 Å². The molecule has 2 amide bonds. The predicted octanol–water partition coefficient (Wildman–Crippen LogP) is 3.15. The quantitative estimate of drug-likeness (QED) is 0.659. The number of ether oxygens (including phenoxy) is 3. The summed E-state index contributed by atoms with van der Waals surface area (Å²) in [5.74, 6) is -0.262. The molecule has 3 heterocycles. The minimum atomic E-state index is -1.52. The Labute approximate surface area is 189 Å². The second-order valence-corrected chi connectivity index (χ2v) is 8.37. The Bertz CT molecular complexity index is 1140. The average Bonchev–Trinajstić information content (AvgIpc) is 2.98. The molecule has 9 heteroatoms. The van der Waals surface area contributed by atoms with E-state index in [4.69, 9.17) is 25.8 Å². The summed E-state index contributed by atoms with van der Waals surface area (Å²) in [5.41, 5.74) is -0.0977. The number of fused-ring (bicyclic) bond motifs is 4. The van der Waals surface area contributed by atoms with E-state index in [2.05, 4.69) is 0 Å². The number of carbonyl (C=O) groups is 3. The van der Waals surface area contributed by atoms with E-state index in [0.717, 1.165) is 6.42 Å². The third-order valence-corrected chi connectivity index (χ3v) is 6.38. The summed E-state index contributed by atoms with van der Waals surface area (Å²) in [6.45, 7) is 0.914. The van der Waals surface area contributed by atoms with E-state index in [1.165, 1.54) is 16.8 Å². The zero-order chi connectivity index (χ0) is 22.5. The highest BCUT2D eigenvalue weighted by atomic mass is 35.5. The summed E-state index contributed by atoms with van der Waals surface area (Å²) in [4.78, 5) is 41.9. The van der Waals surface area contributed by atoms with Crippen molar-refractivity contribution in [1.29, 1.82) is 0 Å². The topological polar surface area (TPSA) is 85.4 Å². The maximum absolute atomic E-state index is 13.4. The van der Waals surface area contributed by atoms with Crippen LogP contribution in [0.5, 0.6) is 11.5 Å². The molecule has 1 atom stereocenters. The molecule has 3 aliphatic rings. The van der Waals surface area contributed by atoms with E-state index >= 15 is 0 Å². The van der Waals surface area contributed by atoms with Gasteiger partial charge in [-0.1, -0.05) is 23.7 Å². The number of rotatable bonds is 3. The SMILES string of the molecule is CN1C(=O)c2ccccc2N2C(=O)CCC12C(=O)OCc1cc(Cl)c2c(c1)OCCCO2. The van der Waals surface area contributed by atoms with Crippen LogP contribution >= 0.6 is 11.6 Å². The van der Waals surface area contributed by atoms with Gasteiger partial charge in [0.2, 0.25) is 11.6 Å². The van der Waals surface area contributed by atoms with Gasteiger partial charge < -0.3 is 19.1 Å². The number of likely N-dealkylation sites (N-methyl/N-ethyl adjacent to an activating group) is 1. The molecule has 0 radical (unpaired) electrons. The van der Waals surface area contributed by atoms with Gasteiger partial charge in [0.15, 0.2) is 11.5 Å². The third-order valence-electron chi connectivity index (χ3n) is 6.10.